The van der Waals surface area contributed by atoms with Gasteiger partial charge in [0.1, 0.15) is 11.6 Å². The molecular weight excluding hydrogens is 264 g/mol. The summed E-state index contributed by atoms with van der Waals surface area (Å²) < 4.78 is 52.1. The maximum atomic E-state index is 12.9. The molecule has 0 saturated heterocycles. The number of alkyl halides is 3. The van der Waals surface area contributed by atoms with Crippen LogP contribution in [0.2, 0.25) is 0 Å². The molecule has 0 radical (unpaired) electrons. The zero-order chi connectivity index (χ0) is 14.2. The number of aromatic nitrogens is 1. The second-order valence-corrected chi connectivity index (χ2v) is 3.80. The number of benzene rings is 1. The lowest BCUT2D eigenvalue weighted by molar-refractivity contribution is -0.138. The van der Waals surface area contributed by atoms with Crippen LogP contribution in [-0.4, -0.2) is 10.5 Å². The first-order valence-electron chi connectivity index (χ1n) is 5.15. The normalized spacial score (nSPS) is 11.6. The number of rotatable bonds is 1. The molecule has 7 heteroatoms. The van der Waals surface area contributed by atoms with Gasteiger partial charge in [-0.1, -0.05) is 0 Å². The molecule has 1 heterocycles. The minimum absolute atomic E-state index is 0.00227. The van der Waals surface area contributed by atoms with E-state index in [4.69, 9.17) is 5.73 Å². The zero-order valence-electron chi connectivity index (χ0n) is 9.41. The van der Waals surface area contributed by atoms with Crippen LogP contribution in [0.3, 0.4) is 0 Å². The molecular formula is C12H8F4N2O. The Hall–Kier alpha value is -2.31. The lowest BCUT2D eigenvalue weighted by Gasteiger charge is -2.13. The van der Waals surface area contributed by atoms with E-state index in [9.17, 15) is 22.4 Å². The van der Waals surface area contributed by atoms with E-state index in [0.29, 0.717) is 0 Å². The van der Waals surface area contributed by atoms with E-state index in [1.165, 1.54) is 18.3 Å². The van der Waals surface area contributed by atoms with Crippen LogP contribution in [-0.2, 0) is 6.18 Å². The molecule has 0 unspecified atom stereocenters. The van der Waals surface area contributed by atoms with Crippen molar-refractivity contribution < 1.29 is 22.4 Å². The minimum Gasteiger partial charge on any atom is -0.385 e. The highest BCUT2D eigenvalue weighted by Crippen LogP contribution is 2.33. The Morgan fingerprint density at radius 1 is 1.21 bits per heavy atom. The topological polar surface area (TPSA) is 48.0 Å². The van der Waals surface area contributed by atoms with E-state index in [2.05, 4.69) is 0 Å². The molecule has 0 bridgehead atoms. The summed E-state index contributed by atoms with van der Waals surface area (Å²) >= 11 is 0. The molecule has 0 amide bonds. The molecule has 2 aromatic rings. The summed E-state index contributed by atoms with van der Waals surface area (Å²) in [4.78, 5) is 12.0. The van der Waals surface area contributed by atoms with Crippen molar-refractivity contribution in [3.05, 3.63) is 53.5 Å². The van der Waals surface area contributed by atoms with Crippen molar-refractivity contribution in [3.8, 4) is 0 Å². The van der Waals surface area contributed by atoms with E-state index >= 15 is 0 Å². The second-order valence-electron chi connectivity index (χ2n) is 3.80. The van der Waals surface area contributed by atoms with Crippen LogP contribution in [0.15, 0.2) is 36.5 Å². The third-order valence-corrected chi connectivity index (χ3v) is 2.52. The van der Waals surface area contributed by atoms with Gasteiger partial charge in [-0.15, -0.1) is 0 Å². The van der Waals surface area contributed by atoms with Gasteiger partial charge in [0.05, 0.1) is 11.1 Å². The molecule has 0 spiro atoms. The summed E-state index contributed by atoms with van der Waals surface area (Å²) in [6.07, 6.45) is -3.59. The van der Waals surface area contributed by atoms with Crippen LogP contribution in [0.5, 0.6) is 0 Å². The molecule has 100 valence electrons. The van der Waals surface area contributed by atoms with Crippen molar-refractivity contribution in [3.63, 3.8) is 0 Å². The van der Waals surface area contributed by atoms with Crippen molar-refractivity contribution in [1.82, 2.24) is 4.57 Å². The van der Waals surface area contributed by atoms with Crippen molar-refractivity contribution in [2.75, 3.05) is 5.73 Å². The van der Waals surface area contributed by atoms with Crippen LogP contribution in [0.4, 0.5) is 23.4 Å². The first kappa shape index (κ1) is 13.1. The number of halogens is 4. The highest BCUT2D eigenvalue weighted by molar-refractivity contribution is 5.99. The van der Waals surface area contributed by atoms with Gasteiger partial charge in [-0.3, -0.25) is 9.36 Å². The average Bonchev–Trinajstić information content (AvgIpc) is 2.73. The van der Waals surface area contributed by atoms with Gasteiger partial charge < -0.3 is 5.73 Å². The largest absolute Gasteiger partial charge is 0.417 e. The zero-order valence-corrected chi connectivity index (χ0v) is 9.41. The van der Waals surface area contributed by atoms with Gasteiger partial charge in [-0.05, 0) is 30.3 Å². The summed E-state index contributed by atoms with van der Waals surface area (Å²) in [6, 6.07) is 4.66. The van der Waals surface area contributed by atoms with Gasteiger partial charge in [-0.25, -0.2) is 4.39 Å². The predicted octanol–water partition coefficient (Wildman–Crippen LogP) is 2.92. The second kappa shape index (κ2) is 4.42. The third-order valence-electron chi connectivity index (χ3n) is 2.52. The fraction of sp³-hybridized carbons (Fsp3) is 0.0833. The number of nitrogen functional groups attached to an aromatic ring is 1. The van der Waals surface area contributed by atoms with E-state index in [1.54, 1.807) is 0 Å². The highest BCUT2D eigenvalue weighted by atomic mass is 19.4. The Bertz CT molecular complexity index is 631. The number of hydrogen-bond acceptors (Lipinski definition) is 2. The van der Waals surface area contributed by atoms with E-state index in [0.717, 1.165) is 16.7 Å². The third kappa shape index (κ3) is 2.44. The van der Waals surface area contributed by atoms with E-state index in [-0.39, 0.29) is 11.9 Å². The van der Waals surface area contributed by atoms with Gasteiger partial charge in [0.2, 0.25) is 0 Å². The molecule has 1 aromatic heterocycles. The average molecular weight is 272 g/mol. The molecule has 0 aliphatic carbocycles. The van der Waals surface area contributed by atoms with Gasteiger partial charge >= 0.3 is 6.18 Å². The lowest BCUT2D eigenvalue weighted by atomic mass is 10.1. The maximum Gasteiger partial charge on any atom is 0.417 e. The molecule has 0 aliphatic heterocycles. The molecule has 19 heavy (non-hydrogen) atoms. The van der Waals surface area contributed by atoms with Gasteiger partial charge in [0.15, 0.2) is 0 Å². The van der Waals surface area contributed by atoms with Crippen molar-refractivity contribution >= 4 is 11.7 Å². The first-order chi connectivity index (χ1) is 8.80. The monoisotopic (exact) mass is 272 g/mol. The standard InChI is InChI=1S/C12H8F4N2O/c13-7-3-4-8(9(6-7)12(14,15)16)11(19)18-5-1-2-10(18)17/h1-6H,17H2. The van der Waals surface area contributed by atoms with E-state index < -0.39 is 29.0 Å². The van der Waals surface area contributed by atoms with E-state index in [1.807, 2.05) is 0 Å². The summed E-state index contributed by atoms with van der Waals surface area (Å²) in [5, 5.41) is 0. The molecule has 3 nitrogen and oxygen atoms in total. The number of carbonyl (C=O) groups is 1. The fourth-order valence-corrected chi connectivity index (χ4v) is 1.65. The summed E-state index contributed by atoms with van der Waals surface area (Å²) in [7, 11) is 0. The fourth-order valence-electron chi connectivity index (χ4n) is 1.65. The van der Waals surface area contributed by atoms with Crippen molar-refractivity contribution in [1.29, 1.82) is 0 Å². The maximum absolute atomic E-state index is 12.9. The van der Waals surface area contributed by atoms with Crippen molar-refractivity contribution in [2.24, 2.45) is 0 Å². The number of anilines is 1. The van der Waals surface area contributed by atoms with Crippen LogP contribution in [0, 0.1) is 5.82 Å². The van der Waals surface area contributed by atoms with Crippen LogP contribution in [0.1, 0.15) is 15.9 Å². The molecule has 1 aromatic carbocycles. The van der Waals surface area contributed by atoms with Crippen LogP contribution >= 0.6 is 0 Å². The lowest BCUT2D eigenvalue weighted by Crippen LogP contribution is -2.19. The van der Waals surface area contributed by atoms with Gasteiger partial charge in [0, 0.05) is 6.20 Å². The summed E-state index contributed by atoms with van der Waals surface area (Å²) in [5.74, 6) is -2.03. The first-order valence-corrected chi connectivity index (χ1v) is 5.15. The number of hydrogen-bond donors (Lipinski definition) is 1. The number of carbonyl (C=O) groups excluding carboxylic acids is 1. The molecule has 0 fully saturated rings. The molecule has 0 atom stereocenters. The summed E-state index contributed by atoms with van der Waals surface area (Å²) in [6.45, 7) is 0. The smallest absolute Gasteiger partial charge is 0.385 e. The molecule has 2 N–H and O–H groups in total. The van der Waals surface area contributed by atoms with Gasteiger partial charge in [-0.2, -0.15) is 13.2 Å². The molecule has 0 aliphatic rings. The quantitative estimate of drug-likeness (QED) is 0.811. The Kier molecular flexibility index (Phi) is 3.05. The SMILES string of the molecule is Nc1cccn1C(=O)c1ccc(F)cc1C(F)(F)F. The highest BCUT2D eigenvalue weighted by Gasteiger charge is 2.36. The van der Waals surface area contributed by atoms with Gasteiger partial charge in [0.25, 0.3) is 5.91 Å². The minimum atomic E-state index is -4.82. The molecule has 0 saturated carbocycles. The van der Waals surface area contributed by atoms with Crippen molar-refractivity contribution in [2.45, 2.75) is 6.18 Å². The molecule has 2 rings (SSSR count). The number of nitrogens with zero attached hydrogens (tertiary/aromatic N) is 1. The summed E-state index contributed by atoms with van der Waals surface area (Å²) in [5.41, 5.74) is 3.47. The van der Waals surface area contributed by atoms with Crippen LogP contribution in [0.25, 0.3) is 0 Å². The van der Waals surface area contributed by atoms with Crippen LogP contribution < -0.4 is 5.73 Å². The Balaban J connectivity index is 2.57. The Morgan fingerprint density at radius 3 is 2.42 bits per heavy atom. The number of nitrogens with two attached hydrogens (primary N) is 1. The Labute approximate surface area is 105 Å². The predicted molar refractivity (Wildman–Crippen MR) is 60.0 cm³/mol. The Morgan fingerprint density at radius 2 is 1.89 bits per heavy atom.